The summed E-state index contributed by atoms with van der Waals surface area (Å²) in [6.45, 7) is 4.45. The van der Waals surface area contributed by atoms with E-state index < -0.39 is 0 Å². The van der Waals surface area contributed by atoms with Gasteiger partial charge in [0.2, 0.25) is 5.91 Å². The third kappa shape index (κ3) is 4.38. The van der Waals surface area contributed by atoms with Crippen LogP contribution in [0.2, 0.25) is 0 Å². The molecule has 3 N–H and O–H groups in total. The normalized spacial score (nSPS) is 18.1. The van der Waals surface area contributed by atoms with E-state index in [2.05, 4.69) is 12.2 Å². The quantitative estimate of drug-likeness (QED) is 0.653. The fourth-order valence-corrected chi connectivity index (χ4v) is 2.23. The maximum Gasteiger partial charge on any atom is 0.244 e. The van der Waals surface area contributed by atoms with Crippen LogP contribution in [-0.2, 0) is 9.53 Å². The lowest BCUT2D eigenvalue weighted by Crippen LogP contribution is -2.38. The van der Waals surface area contributed by atoms with Gasteiger partial charge in [-0.15, -0.1) is 0 Å². The summed E-state index contributed by atoms with van der Waals surface area (Å²) in [6, 6.07) is 7.45. The molecule has 2 rings (SSSR count). The second-order valence-electron chi connectivity index (χ2n) is 5.64. The van der Waals surface area contributed by atoms with Crippen LogP contribution in [0, 0.1) is 5.41 Å². The van der Waals surface area contributed by atoms with Gasteiger partial charge in [-0.05, 0) is 42.0 Å². The molecule has 1 aromatic rings. The summed E-state index contributed by atoms with van der Waals surface area (Å²) in [5.41, 5.74) is 7.47. The van der Waals surface area contributed by atoms with Crippen molar-refractivity contribution in [1.29, 1.82) is 0 Å². The van der Waals surface area contributed by atoms with Gasteiger partial charge in [0.1, 0.15) is 0 Å². The first kappa shape index (κ1) is 14.6. The van der Waals surface area contributed by atoms with Crippen molar-refractivity contribution in [3.8, 4) is 0 Å². The van der Waals surface area contributed by atoms with E-state index in [1.54, 1.807) is 12.2 Å². The number of hydrogen-bond donors (Lipinski definition) is 2. The van der Waals surface area contributed by atoms with Crippen molar-refractivity contribution >= 4 is 17.7 Å². The van der Waals surface area contributed by atoms with Crippen molar-refractivity contribution in [2.75, 3.05) is 25.5 Å². The highest BCUT2D eigenvalue weighted by atomic mass is 16.5. The van der Waals surface area contributed by atoms with Crippen LogP contribution in [0.4, 0.5) is 5.69 Å². The second-order valence-corrected chi connectivity index (χ2v) is 5.64. The number of benzene rings is 1. The summed E-state index contributed by atoms with van der Waals surface area (Å²) in [7, 11) is 0. The van der Waals surface area contributed by atoms with Crippen LogP contribution in [0.1, 0.15) is 25.3 Å². The van der Waals surface area contributed by atoms with E-state index in [1.165, 1.54) is 0 Å². The molecule has 0 saturated carbocycles. The van der Waals surface area contributed by atoms with E-state index in [0.29, 0.717) is 12.2 Å². The summed E-state index contributed by atoms with van der Waals surface area (Å²) in [5, 5.41) is 2.97. The van der Waals surface area contributed by atoms with E-state index in [4.69, 9.17) is 10.5 Å². The van der Waals surface area contributed by atoms with Crippen molar-refractivity contribution in [2.24, 2.45) is 5.41 Å². The minimum absolute atomic E-state index is 0.0693. The molecule has 1 aromatic carbocycles. The first-order chi connectivity index (χ1) is 9.57. The molecule has 1 heterocycles. The molecule has 1 aliphatic heterocycles. The Morgan fingerprint density at radius 1 is 1.45 bits per heavy atom. The number of carbonyl (C=O) groups excluding carboxylic acids is 1. The molecule has 4 nitrogen and oxygen atoms in total. The highest BCUT2D eigenvalue weighted by Crippen LogP contribution is 2.28. The third-order valence-electron chi connectivity index (χ3n) is 3.73. The minimum Gasteiger partial charge on any atom is -0.399 e. The summed E-state index contributed by atoms with van der Waals surface area (Å²) >= 11 is 0. The zero-order chi connectivity index (χ0) is 14.4. The predicted molar refractivity (Wildman–Crippen MR) is 81.1 cm³/mol. The van der Waals surface area contributed by atoms with E-state index >= 15 is 0 Å². The maximum absolute atomic E-state index is 11.8. The Labute approximate surface area is 120 Å². The van der Waals surface area contributed by atoms with Crippen molar-refractivity contribution in [3.05, 3.63) is 35.9 Å². The SMILES string of the molecule is CC1(CNC(=O)/C=C/c2cccc(N)c2)CCOCC1. The van der Waals surface area contributed by atoms with Gasteiger partial charge >= 0.3 is 0 Å². The van der Waals surface area contributed by atoms with Crippen LogP contribution in [0.25, 0.3) is 6.08 Å². The fraction of sp³-hybridized carbons (Fsp3) is 0.438. The number of ether oxygens (including phenoxy) is 1. The van der Waals surface area contributed by atoms with Crippen LogP contribution in [0.15, 0.2) is 30.3 Å². The van der Waals surface area contributed by atoms with Crippen LogP contribution in [0.3, 0.4) is 0 Å². The highest BCUT2D eigenvalue weighted by molar-refractivity contribution is 5.91. The van der Waals surface area contributed by atoms with E-state index in [-0.39, 0.29) is 11.3 Å². The Kier molecular flexibility index (Phi) is 4.79. The van der Waals surface area contributed by atoms with Crippen LogP contribution in [-0.4, -0.2) is 25.7 Å². The monoisotopic (exact) mass is 274 g/mol. The van der Waals surface area contributed by atoms with Gasteiger partial charge in [-0.3, -0.25) is 4.79 Å². The Morgan fingerprint density at radius 2 is 2.20 bits per heavy atom. The van der Waals surface area contributed by atoms with E-state index in [0.717, 1.165) is 31.6 Å². The smallest absolute Gasteiger partial charge is 0.244 e. The molecule has 1 fully saturated rings. The van der Waals surface area contributed by atoms with Gasteiger partial charge in [-0.2, -0.15) is 0 Å². The summed E-state index contributed by atoms with van der Waals surface area (Å²) in [4.78, 5) is 11.8. The molecule has 4 heteroatoms. The van der Waals surface area contributed by atoms with Crippen LogP contribution >= 0.6 is 0 Å². The number of rotatable bonds is 4. The molecule has 20 heavy (non-hydrogen) atoms. The number of hydrogen-bond acceptors (Lipinski definition) is 3. The molecule has 0 aromatic heterocycles. The zero-order valence-electron chi connectivity index (χ0n) is 11.9. The molecule has 1 amide bonds. The predicted octanol–water partition coefficient (Wildman–Crippen LogP) is 2.21. The molecule has 1 saturated heterocycles. The Balaban J connectivity index is 1.83. The third-order valence-corrected chi connectivity index (χ3v) is 3.73. The molecule has 0 spiro atoms. The lowest BCUT2D eigenvalue weighted by Gasteiger charge is -2.33. The number of carbonyl (C=O) groups is 1. The number of amides is 1. The number of nitrogens with one attached hydrogen (secondary N) is 1. The average Bonchev–Trinajstić information content (AvgIpc) is 2.44. The number of nitrogens with two attached hydrogens (primary N) is 1. The lowest BCUT2D eigenvalue weighted by atomic mass is 9.82. The van der Waals surface area contributed by atoms with E-state index in [1.807, 2.05) is 24.3 Å². The molecule has 0 aliphatic carbocycles. The fourth-order valence-electron chi connectivity index (χ4n) is 2.23. The molecule has 0 radical (unpaired) electrons. The van der Waals surface area contributed by atoms with Gasteiger partial charge in [0, 0.05) is 31.5 Å². The maximum atomic E-state index is 11.8. The van der Waals surface area contributed by atoms with Crippen molar-refractivity contribution in [1.82, 2.24) is 5.32 Å². The van der Waals surface area contributed by atoms with E-state index in [9.17, 15) is 4.79 Å². The average molecular weight is 274 g/mol. The molecule has 108 valence electrons. The Bertz CT molecular complexity index is 491. The molecule has 1 aliphatic rings. The zero-order valence-corrected chi connectivity index (χ0v) is 11.9. The first-order valence-electron chi connectivity index (χ1n) is 6.97. The molecular weight excluding hydrogens is 252 g/mol. The highest BCUT2D eigenvalue weighted by Gasteiger charge is 2.27. The van der Waals surface area contributed by atoms with Gasteiger partial charge < -0.3 is 15.8 Å². The summed E-state index contributed by atoms with van der Waals surface area (Å²) in [5.74, 6) is -0.0693. The second kappa shape index (κ2) is 6.57. The summed E-state index contributed by atoms with van der Waals surface area (Å²) < 4.78 is 5.35. The molecule has 0 unspecified atom stereocenters. The first-order valence-corrected chi connectivity index (χ1v) is 6.97. The Hall–Kier alpha value is -1.81. The van der Waals surface area contributed by atoms with Gasteiger partial charge in [-0.25, -0.2) is 0 Å². The van der Waals surface area contributed by atoms with Crippen LogP contribution in [0.5, 0.6) is 0 Å². The molecule has 0 atom stereocenters. The van der Waals surface area contributed by atoms with Crippen LogP contribution < -0.4 is 11.1 Å². The molecule has 0 bridgehead atoms. The van der Waals surface area contributed by atoms with Crippen molar-refractivity contribution in [2.45, 2.75) is 19.8 Å². The van der Waals surface area contributed by atoms with Crippen molar-refractivity contribution < 1.29 is 9.53 Å². The topological polar surface area (TPSA) is 64.4 Å². The van der Waals surface area contributed by atoms with Gasteiger partial charge in [0.25, 0.3) is 0 Å². The van der Waals surface area contributed by atoms with Gasteiger partial charge in [0.05, 0.1) is 0 Å². The number of anilines is 1. The standard InChI is InChI=1S/C16H22N2O2/c1-16(7-9-20-10-8-16)12-18-15(19)6-5-13-3-2-4-14(17)11-13/h2-6,11H,7-10,12,17H2,1H3,(H,18,19)/b6-5+. The van der Waals surface area contributed by atoms with Crippen molar-refractivity contribution in [3.63, 3.8) is 0 Å². The van der Waals surface area contributed by atoms with Gasteiger partial charge in [0.15, 0.2) is 0 Å². The molecular formula is C16H22N2O2. The largest absolute Gasteiger partial charge is 0.399 e. The lowest BCUT2D eigenvalue weighted by molar-refractivity contribution is -0.117. The number of nitrogen functional groups attached to an aromatic ring is 1. The minimum atomic E-state index is -0.0693. The summed E-state index contributed by atoms with van der Waals surface area (Å²) in [6.07, 6.45) is 5.31. The van der Waals surface area contributed by atoms with Gasteiger partial charge in [-0.1, -0.05) is 19.1 Å². The Morgan fingerprint density at radius 3 is 2.90 bits per heavy atom.